The quantitative estimate of drug-likeness (QED) is 0.0318. The first-order valence-corrected chi connectivity index (χ1v) is 28.9. The van der Waals surface area contributed by atoms with E-state index >= 15 is 0 Å². The summed E-state index contributed by atoms with van der Waals surface area (Å²) in [7, 11) is 0. The van der Waals surface area contributed by atoms with Crippen LogP contribution in [0.25, 0.3) is 0 Å². The molecule has 0 aromatic carbocycles. The lowest BCUT2D eigenvalue weighted by atomic mass is 10.0. The second kappa shape index (κ2) is 48.1. The van der Waals surface area contributed by atoms with Crippen LogP contribution in [0.15, 0.2) is 0 Å². The molecule has 3 atom stereocenters. The van der Waals surface area contributed by atoms with Gasteiger partial charge in [0.1, 0.15) is 12.7 Å². The summed E-state index contributed by atoms with van der Waals surface area (Å²) in [4.78, 5) is 92.3. The SMILES string of the molecule is CC.CCCCCCCCOC(=O)CC(COC(=O)CCCCCCCC)CC(=O)OC1CC(COC(=O)CC(COC(=O)CCCCCCCC)COC(=O)CCCCCCCC)N(C(=O)OCCC)C1. The smallest absolute Gasteiger partial charge is 0.410 e. The molecule has 1 saturated heterocycles. The summed E-state index contributed by atoms with van der Waals surface area (Å²) in [6, 6.07) is -0.689. The second-order valence-corrected chi connectivity index (χ2v) is 19.4. The van der Waals surface area contributed by atoms with E-state index in [0.29, 0.717) is 25.7 Å². The molecule has 1 aliphatic heterocycles. The average molecular weight is 1030 g/mol. The topological polar surface area (TPSA) is 187 Å². The van der Waals surface area contributed by atoms with E-state index in [1.165, 1.54) is 11.3 Å². The van der Waals surface area contributed by atoms with E-state index in [1.54, 1.807) is 0 Å². The van der Waals surface area contributed by atoms with Crippen molar-refractivity contribution in [1.82, 2.24) is 4.90 Å². The van der Waals surface area contributed by atoms with Crippen LogP contribution in [0.3, 0.4) is 0 Å². The first kappa shape index (κ1) is 68.1. The largest absolute Gasteiger partial charge is 0.466 e. The Morgan fingerprint density at radius 2 is 0.792 bits per heavy atom. The zero-order valence-electron chi connectivity index (χ0n) is 46.5. The minimum Gasteiger partial charge on any atom is -0.466 e. The van der Waals surface area contributed by atoms with Crippen molar-refractivity contribution in [3.8, 4) is 0 Å². The van der Waals surface area contributed by atoms with Gasteiger partial charge in [-0.1, -0.05) is 177 Å². The molecular formula is C57H103NO14. The molecule has 15 nitrogen and oxygen atoms in total. The lowest BCUT2D eigenvalue weighted by Gasteiger charge is -2.23. The van der Waals surface area contributed by atoms with E-state index in [4.69, 9.17) is 33.2 Å². The Bertz CT molecular complexity index is 1380. The number of ether oxygens (including phenoxy) is 7. The maximum Gasteiger partial charge on any atom is 0.410 e. The number of carbonyl (C=O) groups is 7. The Morgan fingerprint density at radius 1 is 0.403 bits per heavy atom. The molecule has 0 spiro atoms. The van der Waals surface area contributed by atoms with Crippen molar-refractivity contribution in [1.29, 1.82) is 0 Å². The molecule has 15 heteroatoms. The molecule has 0 aliphatic carbocycles. The van der Waals surface area contributed by atoms with E-state index in [9.17, 15) is 33.6 Å². The number of esters is 6. The van der Waals surface area contributed by atoms with Crippen molar-refractivity contribution in [3.63, 3.8) is 0 Å². The zero-order valence-corrected chi connectivity index (χ0v) is 46.5. The number of amides is 1. The molecule has 0 bridgehead atoms. The number of carbonyl (C=O) groups excluding carboxylic acids is 7. The van der Waals surface area contributed by atoms with Crippen LogP contribution in [0.1, 0.15) is 254 Å². The van der Waals surface area contributed by atoms with Crippen LogP contribution in [0.4, 0.5) is 4.79 Å². The molecular weight excluding hydrogens is 923 g/mol. The summed E-state index contributed by atoms with van der Waals surface area (Å²) in [5.74, 6) is -4.21. The average Bonchev–Trinajstić information content (AvgIpc) is 3.78. The molecule has 3 unspecified atom stereocenters. The van der Waals surface area contributed by atoms with E-state index in [1.807, 2.05) is 20.8 Å². The fraction of sp³-hybridized carbons (Fsp3) is 0.877. The van der Waals surface area contributed by atoms with Crippen molar-refractivity contribution >= 4 is 41.9 Å². The van der Waals surface area contributed by atoms with Crippen molar-refractivity contribution in [2.24, 2.45) is 11.8 Å². The summed E-state index contributed by atoms with van der Waals surface area (Å²) in [6.45, 7) is 14.3. The van der Waals surface area contributed by atoms with Crippen LogP contribution in [-0.2, 0) is 61.9 Å². The summed E-state index contributed by atoms with van der Waals surface area (Å²) < 4.78 is 39.2. The van der Waals surface area contributed by atoms with Crippen LogP contribution in [-0.4, -0.2) is 105 Å². The van der Waals surface area contributed by atoms with Gasteiger partial charge in [-0.2, -0.15) is 0 Å². The van der Waals surface area contributed by atoms with E-state index in [0.717, 1.165) is 128 Å². The van der Waals surface area contributed by atoms with Gasteiger partial charge in [0.15, 0.2) is 0 Å². The van der Waals surface area contributed by atoms with Gasteiger partial charge in [0.05, 0.1) is 64.9 Å². The third-order valence-electron chi connectivity index (χ3n) is 12.5. The van der Waals surface area contributed by atoms with Gasteiger partial charge in [0.25, 0.3) is 0 Å². The van der Waals surface area contributed by atoms with Gasteiger partial charge in [-0.05, 0) is 32.1 Å². The normalized spacial score (nSPS) is 14.5. The van der Waals surface area contributed by atoms with Crippen molar-refractivity contribution in [2.75, 3.05) is 46.2 Å². The molecule has 0 N–H and O–H groups in total. The number of unbranched alkanes of at least 4 members (excludes halogenated alkanes) is 20. The molecule has 0 saturated carbocycles. The maximum absolute atomic E-state index is 13.5. The number of hydrogen-bond donors (Lipinski definition) is 0. The first-order valence-electron chi connectivity index (χ1n) is 28.9. The molecule has 0 aromatic heterocycles. The molecule has 1 heterocycles. The third kappa shape index (κ3) is 38.7. The van der Waals surface area contributed by atoms with Gasteiger partial charge in [-0.25, -0.2) is 4.79 Å². The molecule has 420 valence electrons. The predicted octanol–water partition coefficient (Wildman–Crippen LogP) is 13.3. The van der Waals surface area contributed by atoms with Gasteiger partial charge >= 0.3 is 41.9 Å². The van der Waals surface area contributed by atoms with Crippen molar-refractivity contribution < 1.29 is 66.7 Å². The molecule has 1 fully saturated rings. The van der Waals surface area contributed by atoms with E-state index in [2.05, 4.69) is 27.7 Å². The zero-order chi connectivity index (χ0) is 53.5. The standard InChI is InChI=1S/C55H97NO14.C2H6/c1-6-11-15-19-23-27-31-49(57)66-41-45(36-52(60)64-35-30-26-22-18-14-9-4)37-54(62)70-48-39-47(56(40-48)55(63)65-34-10-5)44-69-53(61)38-46(42-67-50(58)32-28-24-20-16-12-7-2)43-68-51(59)33-29-25-21-17-13-8-3;1-2/h45-48H,6-44H2,1-5H3;1-2H3. The molecule has 0 radical (unpaired) electrons. The molecule has 1 rings (SSSR count). The predicted molar refractivity (Wildman–Crippen MR) is 281 cm³/mol. The maximum atomic E-state index is 13.5. The van der Waals surface area contributed by atoms with Crippen LogP contribution < -0.4 is 0 Å². The number of rotatable bonds is 45. The molecule has 0 aromatic rings. The Morgan fingerprint density at radius 3 is 1.25 bits per heavy atom. The Hall–Kier alpha value is -3.91. The monoisotopic (exact) mass is 1030 g/mol. The van der Waals surface area contributed by atoms with Crippen LogP contribution in [0.5, 0.6) is 0 Å². The third-order valence-corrected chi connectivity index (χ3v) is 12.5. The minimum absolute atomic E-state index is 0.0134. The lowest BCUT2D eigenvalue weighted by Crippen LogP contribution is -2.39. The van der Waals surface area contributed by atoms with Crippen LogP contribution in [0.2, 0.25) is 0 Å². The molecule has 1 amide bonds. The van der Waals surface area contributed by atoms with E-state index < -0.39 is 48.0 Å². The van der Waals surface area contributed by atoms with Crippen LogP contribution >= 0.6 is 0 Å². The fourth-order valence-electron chi connectivity index (χ4n) is 8.28. The highest BCUT2D eigenvalue weighted by atomic mass is 16.6. The van der Waals surface area contributed by atoms with Gasteiger partial charge in [-0.15, -0.1) is 0 Å². The summed E-state index contributed by atoms with van der Waals surface area (Å²) in [6.07, 6.45) is 24.1. The Labute approximate surface area is 436 Å². The van der Waals surface area contributed by atoms with Gasteiger partial charge in [0, 0.05) is 37.5 Å². The fourth-order valence-corrected chi connectivity index (χ4v) is 8.28. The van der Waals surface area contributed by atoms with Crippen molar-refractivity contribution in [2.45, 2.75) is 266 Å². The highest BCUT2D eigenvalue weighted by Gasteiger charge is 2.39. The van der Waals surface area contributed by atoms with Gasteiger partial charge < -0.3 is 33.2 Å². The summed E-state index contributed by atoms with van der Waals surface area (Å²) in [5, 5.41) is 0. The number of likely N-dealkylation sites (tertiary alicyclic amines) is 1. The Balaban J connectivity index is 0.0000249. The first-order chi connectivity index (χ1) is 34.9. The summed E-state index contributed by atoms with van der Waals surface area (Å²) in [5.41, 5.74) is 0. The second-order valence-electron chi connectivity index (χ2n) is 19.4. The molecule has 1 aliphatic rings. The lowest BCUT2D eigenvalue weighted by molar-refractivity contribution is -0.155. The molecule has 72 heavy (non-hydrogen) atoms. The van der Waals surface area contributed by atoms with Crippen molar-refractivity contribution in [3.05, 3.63) is 0 Å². The highest BCUT2D eigenvalue weighted by Crippen LogP contribution is 2.25. The minimum atomic E-state index is -0.772. The number of nitrogens with zero attached hydrogens (tertiary/aromatic N) is 1. The highest BCUT2D eigenvalue weighted by molar-refractivity contribution is 5.75. The Kier molecular flexibility index (Phi) is 45.4. The number of hydrogen-bond acceptors (Lipinski definition) is 14. The summed E-state index contributed by atoms with van der Waals surface area (Å²) >= 11 is 0. The van der Waals surface area contributed by atoms with E-state index in [-0.39, 0.29) is 109 Å². The van der Waals surface area contributed by atoms with Crippen LogP contribution in [0, 0.1) is 11.8 Å². The van der Waals surface area contributed by atoms with Gasteiger partial charge in [0.2, 0.25) is 0 Å². The van der Waals surface area contributed by atoms with Gasteiger partial charge in [-0.3, -0.25) is 33.7 Å².